The van der Waals surface area contributed by atoms with Crippen LogP contribution in [0.5, 0.6) is 5.75 Å². The first-order chi connectivity index (χ1) is 9.93. The molecule has 2 aromatic rings. The summed E-state index contributed by atoms with van der Waals surface area (Å²) in [6.45, 7) is 0. The summed E-state index contributed by atoms with van der Waals surface area (Å²) in [7, 11) is -3.17. The van der Waals surface area contributed by atoms with Crippen molar-refractivity contribution >= 4 is 13.4 Å². The second-order valence-corrected chi connectivity index (χ2v) is 6.19. The summed E-state index contributed by atoms with van der Waals surface area (Å²) in [6, 6.07) is 14.3. The molecular weight excluding hydrogens is 291 g/mol. The molecule has 0 saturated carbocycles. The maximum Gasteiger partial charge on any atom is 0.340 e. The number of hydrogen-bond acceptors (Lipinski definition) is 3. The number of benzene rings is 2. The van der Waals surface area contributed by atoms with Crippen LogP contribution >= 0.6 is 7.60 Å². The first-order valence-electron chi connectivity index (χ1n) is 6.22. The van der Waals surface area contributed by atoms with Gasteiger partial charge in [-0.1, -0.05) is 42.5 Å². The summed E-state index contributed by atoms with van der Waals surface area (Å²) in [6.07, 6.45) is 0. The van der Waals surface area contributed by atoms with Crippen LogP contribution in [-0.4, -0.2) is 22.7 Å². The van der Waals surface area contributed by atoms with Crippen molar-refractivity contribution in [3.63, 3.8) is 0 Å². The highest BCUT2D eigenvalue weighted by atomic mass is 31.2. The number of ketones is 1. The lowest BCUT2D eigenvalue weighted by Gasteiger charge is -2.18. The number of Topliss-reactive ketones (excluding diaryl/α,β-unsaturated/α-hetero) is 1. The van der Waals surface area contributed by atoms with E-state index in [1.54, 1.807) is 30.3 Å². The highest BCUT2D eigenvalue weighted by Crippen LogP contribution is 2.53. The highest BCUT2D eigenvalue weighted by Gasteiger charge is 2.37. The van der Waals surface area contributed by atoms with Crippen molar-refractivity contribution in [3.8, 4) is 5.75 Å². The Labute approximate surface area is 122 Å². The van der Waals surface area contributed by atoms with Gasteiger partial charge in [0.05, 0.1) is 7.11 Å². The molecule has 0 bridgehead atoms. The molecule has 0 aromatic heterocycles. The maximum atomic E-state index is 12.5. The monoisotopic (exact) mass is 306 g/mol. The molecule has 21 heavy (non-hydrogen) atoms. The topological polar surface area (TPSA) is 83.8 Å². The number of carbonyl (C=O) groups excluding carboxylic acids is 1. The maximum absolute atomic E-state index is 12.5. The molecule has 0 aliphatic rings. The third-order valence-electron chi connectivity index (χ3n) is 3.05. The normalized spacial score (nSPS) is 12.7. The molecule has 0 aliphatic heterocycles. The van der Waals surface area contributed by atoms with Crippen LogP contribution in [-0.2, 0) is 4.57 Å². The molecule has 1 unspecified atom stereocenters. The van der Waals surface area contributed by atoms with E-state index < -0.39 is 19.0 Å². The zero-order valence-electron chi connectivity index (χ0n) is 11.3. The fourth-order valence-electron chi connectivity index (χ4n) is 2.07. The average molecular weight is 306 g/mol. The number of carbonyl (C=O) groups is 1. The van der Waals surface area contributed by atoms with Gasteiger partial charge in [0.25, 0.3) is 0 Å². The Hall–Kier alpha value is -1.94. The van der Waals surface area contributed by atoms with E-state index >= 15 is 0 Å². The Kier molecular flexibility index (Phi) is 4.58. The van der Waals surface area contributed by atoms with Crippen molar-refractivity contribution in [1.29, 1.82) is 0 Å². The Bertz CT molecular complexity index is 677. The first-order valence-corrected chi connectivity index (χ1v) is 7.90. The van der Waals surface area contributed by atoms with Crippen molar-refractivity contribution in [2.45, 2.75) is 5.66 Å². The van der Waals surface area contributed by atoms with Crippen LogP contribution < -0.4 is 4.74 Å². The fraction of sp³-hybridized carbons (Fsp3) is 0.133. The summed E-state index contributed by atoms with van der Waals surface area (Å²) in [5.74, 6) is -0.174. The molecule has 0 spiro atoms. The van der Waals surface area contributed by atoms with Crippen molar-refractivity contribution in [3.05, 3.63) is 65.7 Å². The molecule has 6 heteroatoms. The number of rotatable bonds is 5. The van der Waals surface area contributed by atoms with Gasteiger partial charge < -0.3 is 14.5 Å². The third kappa shape index (κ3) is 3.58. The van der Waals surface area contributed by atoms with E-state index in [4.69, 9.17) is 4.74 Å². The molecular formula is C15H15O5P. The molecule has 2 N–H and O–H groups in total. The molecule has 0 saturated heterocycles. The van der Waals surface area contributed by atoms with Crippen LogP contribution in [0.25, 0.3) is 0 Å². The van der Waals surface area contributed by atoms with E-state index in [0.717, 1.165) is 0 Å². The van der Waals surface area contributed by atoms with Crippen LogP contribution in [0.4, 0.5) is 0 Å². The molecule has 2 aromatic carbocycles. The van der Waals surface area contributed by atoms with Crippen molar-refractivity contribution < 1.29 is 23.9 Å². The SMILES string of the molecule is COc1cccc(C(=O)C(c2ccccc2)P(=O)(O)O)c1. The lowest BCUT2D eigenvalue weighted by Crippen LogP contribution is -2.13. The van der Waals surface area contributed by atoms with Gasteiger partial charge >= 0.3 is 7.60 Å². The summed E-state index contributed by atoms with van der Waals surface area (Å²) in [5, 5.41) is 0. The molecule has 110 valence electrons. The molecule has 0 heterocycles. The lowest BCUT2D eigenvalue weighted by molar-refractivity contribution is 0.0977. The lowest BCUT2D eigenvalue weighted by atomic mass is 10.0. The number of hydrogen-bond donors (Lipinski definition) is 2. The van der Waals surface area contributed by atoms with E-state index in [1.807, 2.05) is 0 Å². The van der Waals surface area contributed by atoms with Crippen LogP contribution in [0, 0.1) is 0 Å². The zero-order chi connectivity index (χ0) is 15.5. The number of ether oxygens (including phenoxy) is 1. The van der Waals surface area contributed by atoms with Gasteiger partial charge in [0.1, 0.15) is 11.4 Å². The molecule has 0 radical (unpaired) electrons. The highest BCUT2D eigenvalue weighted by molar-refractivity contribution is 7.53. The molecule has 2 rings (SSSR count). The Balaban J connectivity index is 2.47. The van der Waals surface area contributed by atoms with Gasteiger partial charge in [-0.2, -0.15) is 0 Å². The Morgan fingerprint density at radius 2 is 1.76 bits per heavy atom. The zero-order valence-corrected chi connectivity index (χ0v) is 12.2. The van der Waals surface area contributed by atoms with Gasteiger partial charge in [-0.15, -0.1) is 0 Å². The molecule has 0 amide bonds. The van der Waals surface area contributed by atoms with Gasteiger partial charge in [0.15, 0.2) is 5.78 Å². The molecule has 5 nitrogen and oxygen atoms in total. The molecule has 0 fully saturated rings. The smallest absolute Gasteiger partial charge is 0.340 e. The minimum Gasteiger partial charge on any atom is -0.497 e. The number of methoxy groups -OCH3 is 1. The van der Waals surface area contributed by atoms with Crippen LogP contribution in [0.15, 0.2) is 54.6 Å². The molecule has 0 aliphatic carbocycles. The van der Waals surface area contributed by atoms with Crippen LogP contribution in [0.1, 0.15) is 21.6 Å². The summed E-state index contributed by atoms with van der Waals surface area (Å²) < 4.78 is 16.8. The fourth-order valence-corrected chi connectivity index (χ4v) is 3.08. The van der Waals surface area contributed by atoms with E-state index in [-0.39, 0.29) is 5.56 Å². The Morgan fingerprint density at radius 1 is 1.10 bits per heavy atom. The van der Waals surface area contributed by atoms with E-state index in [2.05, 4.69) is 0 Å². The Morgan fingerprint density at radius 3 is 2.33 bits per heavy atom. The van der Waals surface area contributed by atoms with Crippen molar-refractivity contribution in [1.82, 2.24) is 0 Å². The van der Waals surface area contributed by atoms with Crippen molar-refractivity contribution in [2.24, 2.45) is 0 Å². The largest absolute Gasteiger partial charge is 0.497 e. The quantitative estimate of drug-likeness (QED) is 0.655. The van der Waals surface area contributed by atoms with Gasteiger partial charge in [-0.05, 0) is 17.7 Å². The predicted molar refractivity (Wildman–Crippen MR) is 78.6 cm³/mol. The first kappa shape index (κ1) is 15.4. The van der Waals surface area contributed by atoms with Crippen LogP contribution in [0.2, 0.25) is 0 Å². The van der Waals surface area contributed by atoms with Crippen molar-refractivity contribution in [2.75, 3.05) is 7.11 Å². The predicted octanol–water partition coefficient (Wildman–Crippen LogP) is 2.80. The van der Waals surface area contributed by atoms with E-state index in [0.29, 0.717) is 11.3 Å². The molecule has 1 atom stereocenters. The third-order valence-corrected chi connectivity index (χ3v) is 4.26. The second-order valence-electron chi connectivity index (χ2n) is 4.50. The van der Waals surface area contributed by atoms with Gasteiger partial charge in [0, 0.05) is 5.56 Å². The van der Waals surface area contributed by atoms with E-state index in [1.165, 1.54) is 31.4 Å². The van der Waals surface area contributed by atoms with Gasteiger partial charge in [0.2, 0.25) is 0 Å². The summed E-state index contributed by atoms with van der Waals surface area (Å²) >= 11 is 0. The summed E-state index contributed by atoms with van der Waals surface area (Å²) in [5.41, 5.74) is -1.02. The second kappa shape index (κ2) is 6.22. The minimum atomic E-state index is -4.63. The standard InChI is InChI=1S/C15H15O5P/c1-20-13-9-5-8-12(10-13)14(16)15(21(17,18)19)11-6-3-2-4-7-11/h2-10,15H,1H3,(H2,17,18,19). The van der Waals surface area contributed by atoms with Crippen LogP contribution in [0.3, 0.4) is 0 Å². The minimum absolute atomic E-state index is 0.200. The average Bonchev–Trinajstić information content (AvgIpc) is 2.47. The summed E-state index contributed by atoms with van der Waals surface area (Å²) in [4.78, 5) is 31.6. The van der Waals surface area contributed by atoms with Gasteiger partial charge in [-0.3, -0.25) is 9.36 Å². The van der Waals surface area contributed by atoms with Gasteiger partial charge in [-0.25, -0.2) is 0 Å². The van der Waals surface area contributed by atoms with E-state index in [9.17, 15) is 19.1 Å².